The molecule has 2 aliphatic rings. The Hall–Kier alpha value is 0.180. The summed E-state index contributed by atoms with van der Waals surface area (Å²) in [6.07, 6.45) is 10.2. The van der Waals surface area contributed by atoms with Gasteiger partial charge in [0.05, 0.1) is 5.60 Å². The Morgan fingerprint density at radius 3 is 2.76 bits per heavy atom. The van der Waals surface area contributed by atoms with Crippen molar-refractivity contribution in [2.24, 2.45) is 23.2 Å². The third kappa shape index (κ3) is 3.93. The maximum absolute atomic E-state index is 9.89. The van der Waals surface area contributed by atoms with Crippen LogP contribution in [-0.4, -0.2) is 10.7 Å². The normalized spacial score (nSPS) is 36.8. The maximum Gasteiger partial charge on any atom is 0.0591 e. The van der Waals surface area contributed by atoms with E-state index in [1.54, 1.807) is 5.57 Å². The minimum absolute atomic E-state index is 0.501. The molecule has 2 fully saturated rings. The van der Waals surface area contributed by atoms with E-state index in [4.69, 9.17) is 0 Å². The average molecular weight is 357 g/mol. The molecule has 0 aromatic carbocycles. The molecule has 2 aliphatic carbocycles. The lowest BCUT2D eigenvalue weighted by Gasteiger charge is -2.44. The lowest BCUT2D eigenvalue weighted by atomic mass is 9.61. The van der Waals surface area contributed by atoms with Crippen molar-refractivity contribution in [1.82, 2.24) is 0 Å². The van der Waals surface area contributed by atoms with Gasteiger partial charge in [-0.1, -0.05) is 48.2 Å². The highest BCUT2D eigenvalue weighted by molar-refractivity contribution is 9.11. The molecular formula is C19H33BrO. The van der Waals surface area contributed by atoms with Gasteiger partial charge in [0.1, 0.15) is 0 Å². The summed E-state index contributed by atoms with van der Waals surface area (Å²) in [7, 11) is 0. The molecule has 0 saturated heterocycles. The standard InChI is InChI=1S/C19H33BrO/c1-14(7-5-11-18(2,3)21)16-9-10-17-15(13-20)8-6-12-19(16,17)4/h13-14,16-17,21H,5-12H2,1-4H3/b15-13+/t14-,16-,17?,19-/m1/s1. The van der Waals surface area contributed by atoms with Crippen molar-refractivity contribution in [3.63, 3.8) is 0 Å². The molecule has 1 unspecified atom stereocenters. The zero-order chi connectivity index (χ0) is 15.7. The van der Waals surface area contributed by atoms with Crippen molar-refractivity contribution in [3.05, 3.63) is 10.6 Å². The molecule has 2 heteroatoms. The van der Waals surface area contributed by atoms with Crippen LogP contribution in [0.1, 0.15) is 79.1 Å². The molecule has 0 radical (unpaired) electrons. The molecule has 2 saturated carbocycles. The topological polar surface area (TPSA) is 20.2 Å². The van der Waals surface area contributed by atoms with E-state index in [0.29, 0.717) is 5.41 Å². The number of allylic oxidation sites excluding steroid dienone is 1. The van der Waals surface area contributed by atoms with E-state index >= 15 is 0 Å². The quantitative estimate of drug-likeness (QED) is 0.634. The van der Waals surface area contributed by atoms with Crippen LogP contribution < -0.4 is 0 Å². The molecule has 1 N–H and O–H groups in total. The first-order chi connectivity index (χ1) is 9.78. The van der Waals surface area contributed by atoms with Gasteiger partial charge in [0.15, 0.2) is 0 Å². The lowest BCUT2D eigenvalue weighted by molar-refractivity contribution is 0.0597. The largest absolute Gasteiger partial charge is 0.390 e. The molecule has 122 valence electrons. The van der Waals surface area contributed by atoms with Gasteiger partial charge in [0.25, 0.3) is 0 Å². The molecule has 0 aromatic rings. The monoisotopic (exact) mass is 356 g/mol. The van der Waals surface area contributed by atoms with Crippen LogP contribution in [0.4, 0.5) is 0 Å². The highest BCUT2D eigenvalue weighted by atomic mass is 79.9. The molecule has 0 amide bonds. The van der Waals surface area contributed by atoms with Gasteiger partial charge < -0.3 is 5.11 Å². The van der Waals surface area contributed by atoms with Crippen LogP contribution in [0.5, 0.6) is 0 Å². The summed E-state index contributed by atoms with van der Waals surface area (Å²) in [4.78, 5) is 2.22. The summed E-state index contributed by atoms with van der Waals surface area (Å²) in [5, 5.41) is 9.89. The van der Waals surface area contributed by atoms with Crippen LogP contribution in [0.25, 0.3) is 0 Å². The molecule has 0 spiro atoms. The summed E-state index contributed by atoms with van der Waals surface area (Å²) in [5.41, 5.74) is 1.68. The van der Waals surface area contributed by atoms with Gasteiger partial charge in [-0.2, -0.15) is 0 Å². The Morgan fingerprint density at radius 2 is 2.14 bits per heavy atom. The fraction of sp³-hybridized carbons (Fsp3) is 0.895. The Balaban J connectivity index is 1.97. The SMILES string of the molecule is C[C@H](CCCC(C)(C)O)[C@H]1CCC2/C(=C/Br)CCC[C@@]21C. The number of rotatable bonds is 5. The van der Waals surface area contributed by atoms with Crippen LogP contribution >= 0.6 is 15.9 Å². The van der Waals surface area contributed by atoms with Crippen molar-refractivity contribution in [3.8, 4) is 0 Å². The van der Waals surface area contributed by atoms with E-state index < -0.39 is 5.60 Å². The molecule has 0 aromatic heterocycles. The lowest BCUT2D eigenvalue weighted by Crippen LogP contribution is -2.36. The van der Waals surface area contributed by atoms with Crippen LogP contribution in [0.3, 0.4) is 0 Å². The van der Waals surface area contributed by atoms with Crippen LogP contribution in [0.2, 0.25) is 0 Å². The fourth-order valence-electron chi connectivity index (χ4n) is 5.20. The predicted octanol–water partition coefficient (Wildman–Crippen LogP) is 6.06. The second-order valence-corrected chi connectivity index (χ2v) is 8.92. The van der Waals surface area contributed by atoms with Gasteiger partial charge in [0.2, 0.25) is 0 Å². The first-order valence-corrected chi connectivity index (χ1v) is 9.71. The van der Waals surface area contributed by atoms with Gasteiger partial charge >= 0.3 is 0 Å². The zero-order valence-electron chi connectivity index (χ0n) is 14.3. The number of hydrogen-bond donors (Lipinski definition) is 1. The Bertz CT molecular complexity index is 382. The van der Waals surface area contributed by atoms with E-state index in [1.165, 1.54) is 38.5 Å². The zero-order valence-corrected chi connectivity index (χ0v) is 15.9. The van der Waals surface area contributed by atoms with E-state index in [2.05, 4.69) is 34.8 Å². The molecule has 4 atom stereocenters. The van der Waals surface area contributed by atoms with E-state index in [9.17, 15) is 5.11 Å². The number of aliphatic hydroxyl groups is 1. The van der Waals surface area contributed by atoms with Crippen LogP contribution in [-0.2, 0) is 0 Å². The molecule has 0 aliphatic heterocycles. The molecule has 1 nitrogen and oxygen atoms in total. The number of halogens is 1. The van der Waals surface area contributed by atoms with Crippen molar-refractivity contribution in [2.45, 2.75) is 84.7 Å². The highest BCUT2D eigenvalue weighted by Gasteiger charge is 2.50. The molecule has 2 rings (SSSR count). The average Bonchev–Trinajstić information content (AvgIpc) is 2.73. The summed E-state index contributed by atoms with van der Waals surface area (Å²) in [6.45, 7) is 8.86. The summed E-state index contributed by atoms with van der Waals surface area (Å²) >= 11 is 3.60. The second-order valence-electron chi connectivity index (χ2n) is 8.46. The van der Waals surface area contributed by atoms with Crippen LogP contribution in [0, 0.1) is 23.2 Å². The first-order valence-electron chi connectivity index (χ1n) is 8.79. The first kappa shape index (κ1) is 17.5. The molecule has 0 heterocycles. The van der Waals surface area contributed by atoms with Crippen LogP contribution in [0.15, 0.2) is 10.6 Å². The third-order valence-electron chi connectivity index (χ3n) is 6.31. The summed E-state index contributed by atoms with van der Waals surface area (Å²) in [6, 6.07) is 0. The predicted molar refractivity (Wildman–Crippen MR) is 94.5 cm³/mol. The Kier molecular flexibility index (Phi) is 5.63. The summed E-state index contributed by atoms with van der Waals surface area (Å²) in [5.74, 6) is 2.47. The minimum Gasteiger partial charge on any atom is -0.390 e. The molecular weight excluding hydrogens is 324 g/mol. The number of hydrogen-bond acceptors (Lipinski definition) is 1. The second kappa shape index (κ2) is 6.74. The smallest absolute Gasteiger partial charge is 0.0591 e. The van der Waals surface area contributed by atoms with E-state index in [0.717, 1.165) is 30.6 Å². The summed E-state index contributed by atoms with van der Waals surface area (Å²) < 4.78 is 0. The van der Waals surface area contributed by atoms with Gasteiger partial charge in [0, 0.05) is 0 Å². The van der Waals surface area contributed by atoms with Gasteiger partial charge in [-0.15, -0.1) is 0 Å². The van der Waals surface area contributed by atoms with Crippen molar-refractivity contribution >= 4 is 15.9 Å². The fourth-order valence-corrected chi connectivity index (χ4v) is 5.75. The molecule has 21 heavy (non-hydrogen) atoms. The molecule has 0 bridgehead atoms. The minimum atomic E-state index is -0.501. The van der Waals surface area contributed by atoms with Crippen molar-refractivity contribution in [2.75, 3.05) is 0 Å². The van der Waals surface area contributed by atoms with Crippen molar-refractivity contribution < 1.29 is 5.11 Å². The highest BCUT2D eigenvalue weighted by Crippen LogP contribution is 2.59. The van der Waals surface area contributed by atoms with E-state index in [1.807, 2.05) is 13.8 Å². The van der Waals surface area contributed by atoms with Gasteiger partial charge in [-0.05, 0) is 80.5 Å². The third-order valence-corrected chi connectivity index (χ3v) is 6.90. The van der Waals surface area contributed by atoms with E-state index in [-0.39, 0.29) is 0 Å². The van der Waals surface area contributed by atoms with Crippen molar-refractivity contribution in [1.29, 1.82) is 0 Å². The number of fused-ring (bicyclic) bond motifs is 1. The Morgan fingerprint density at radius 1 is 1.43 bits per heavy atom. The maximum atomic E-state index is 9.89. The van der Waals surface area contributed by atoms with Gasteiger partial charge in [-0.25, -0.2) is 0 Å². The Labute approximate surface area is 139 Å². The van der Waals surface area contributed by atoms with Gasteiger partial charge in [-0.3, -0.25) is 0 Å².